The molecule has 0 saturated carbocycles. The first-order valence-corrected chi connectivity index (χ1v) is 6.48. The standard InChI is InChI=1S/C15H19NO5/c1-2-7-21-12-5-3-10(4-6-12)8-11(14(17)18)9-13(16)15(19)20/h2-6,11,13H,1,7-9,16H2,(H,17,18)(H,19,20)/t11?,13-/m1/s1. The molecule has 0 heterocycles. The minimum atomic E-state index is -1.20. The Morgan fingerprint density at radius 2 is 1.86 bits per heavy atom. The molecule has 0 aromatic heterocycles. The first kappa shape index (κ1) is 16.7. The van der Waals surface area contributed by atoms with Gasteiger partial charge in [0.1, 0.15) is 18.4 Å². The predicted octanol–water partition coefficient (Wildman–Crippen LogP) is 1.30. The van der Waals surface area contributed by atoms with Crippen LogP contribution in [0.2, 0.25) is 0 Å². The van der Waals surface area contributed by atoms with Gasteiger partial charge < -0.3 is 20.7 Å². The maximum atomic E-state index is 11.2. The zero-order valence-corrected chi connectivity index (χ0v) is 11.6. The second-order valence-corrected chi connectivity index (χ2v) is 4.66. The molecule has 0 fully saturated rings. The van der Waals surface area contributed by atoms with Gasteiger partial charge in [0, 0.05) is 0 Å². The van der Waals surface area contributed by atoms with Crippen molar-refractivity contribution < 1.29 is 24.5 Å². The highest BCUT2D eigenvalue weighted by Gasteiger charge is 2.24. The van der Waals surface area contributed by atoms with Crippen LogP contribution in [-0.2, 0) is 16.0 Å². The second-order valence-electron chi connectivity index (χ2n) is 4.66. The molecule has 21 heavy (non-hydrogen) atoms. The van der Waals surface area contributed by atoms with Crippen molar-refractivity contribution in [3.8, 4) is 5.75 Å². The lowest BCUT2D eigenvalue weighted by Crippen LogP contribution is -2.35. The van der Waals surface area contributed by atoms with Gasteiger partial charge in [-0.3, -0.25) is 9.59 Å². The van der Waals surface area contributed by atoms with Gasteiger partial charge in [-0.15, -0.1) is 0 Å². The zero-order valence-electron chi connectivity index (χ0n) is 11.6. The Hall–Kier alpha value is -2.34. The van der Waals surface area contributed by atoms with E-state index in [0.29, 0.717) is 12.4 Å². The van der Waals surface area contributed by atoms with Crippen molar-refractivity contribution in [2.45, 2.75) is 18.9 Å². The Bertz CT molecular complexity index is 497. The average molecular weight is 293 g/mol. The lowest BCUT2D eigenvalue weighted by atomic mass is 9.93. The van der Waals surface area contributed by atoms with Gasteiger partial charge in [-0.1, -0.05) is 24.8 Å². The maximum Gasteiger partial charge on any atom is 0.320 e. The summed E-state index contributed by atoms with van der Waals surface area (Å²) < 4.78 is 5.33. The SMILES string of the molecule is C=CCOc1ccc(CC(C[C@@H](N)C(=O)O)C(=O)O)cc1. The number of carboxylic acids is 2. The summed E-state index contributed by atoms with van der Waals surface area (Å²) in [7, 11) is 0. The molecule has 0 amide bonds. The largest absolute Gasteiger partial charge is 0.490 e. The second kappa shape index (κ2) is 8.06. The van der Waals surface area contributed by atoms with Crippen LogP contribution in [0.1, 0.15) is 12.0 Å². The lowest BCUT2D eigenvalue weighted by Gasteiger charge is -2.15. The maximum absolute atomic E-state index is 11.2. The Kier molecular flexibility index (Phi) is 6.42. The number of carboxylic acid groups (broad SMARTS) is 2. The van der Waals surface area contributed by atoms with E-state index in [9.17, 15) is 9.59 Å². The zero-order chi connectivity index (χ0) is 15.8. The third kappa shape index (κ3) is 5.66. The summed E-state index contributed by atoms with van der Waals surface area (Å²) in [5.74, 6) is -2.43. The molecule has 1 unspecified atom stereocenters. The molecule has 0 bridgehead atoms. The summed E-state index contributed by atoms with van der Waals surface area (Å²) in [6.45, 7) is 3.94. The topological polar surface area (TPSA) is 110 Å². The third-order valence-electron chi connectivity index (χ3n) is 2.98. The molecule has 0 aliphatic carbocycles. The summed E-state index contributed by atoms with van der Waals surface area (Å²) in [5.41, 5.74) is 6.18. The number of nitrogens with two attached hydrogens (primary N) is 1. The number of benzene rings is 1. The summed E-state index contributed by atoms with van der Waals surface area (Å²) in [6.07, 6.45) is 1.74. The molecule has 4 N–H and O–H groups in total. The molecule has 1 rings (SSSR count). The highest BCUT2D eigenvalue weighted by Crippen LogP contribution is 2.18. The van der Waals surface area contributed by atoms with Crippen LogP contribution in [0.4, 0.5) is 0 Å². The van der Waals surface area contributed by atoms with Crippen molar-refractivity contribution in [3.63, 3.8) is 0 Å². The molecule has 6 heteroatoms. The smallest absolute Gasteiger partial charge is 0.320 e. The van der Waals surface area contributed by atoms with Crippen LogP contribution in [0.15, 0.2) is 36.9 Å². The van der Waals surface area contributed by atoms with E-state index in [0.717, 1.165) is 5.56 Å². The number of ether oxygens (including phenoxy) is 1. The van der Waals surface area contributed by atoms with Crippen molar-refractivity contribution in [3.05, 3.63) is 42.5 Å². The minimum Gasteiger partial charge on any atom is -0.490 e. The summed E-state index contributed by atoms with van der Waals surface area (Å²) in [6, 6.07) is 5.78. The molecule has 1 aromatic rings. The van der Waals surface area contributed by atoms with Crippen LogP contribution in [0.3, 0.4) is 0 Å². The van der Waals surface area contributed by atoms with Gasteiger partial charge in [0.2, 0.25) is 0 Å². The number of aliphatic carboxylic acids is 2. The number of hydrogen-bond acceptors (Lipinski definition) is 4. The van der Waals surface area contributed by atoms with Gasteiger partial charge in [0.15, 0.2) is 0 Å². The Labute approximate surface area is 122 Å². The summed E-state index contributed by atoms with van der Waals surface area (Å²) in [5, 5.41) is 17.9. The summed E-state index contributed by atoms with van der Waals surface area (Å²) >= 11 is 0. The summed E-state index contributed by atoms with van der Waals surface area (Å²) in [4.78, 5) is 21.9. The molecule has 0 aliphatic heterocycles. The van der Waals surface area contributed by atoms with Crippen LogP contribution in [-0.4, -0.2) is 34.8 Å². The van der Waals surface area contributed by atoms with Crippen molar-refractivity contribution in [1.29, 1.82) is 0 Å². The molecule has 0 saturated heterocycles. The van der Waals surface area contributed by atoms with E-state index in [4.69, 9.17) is 20.7 Å². The van der Waals surface area contributed by atoms with E-state index >= 15 is 0 Å². The van der Waals surface area contributed by atoms with E-state index in [1.54, 1.807) is 30.3 Å². The molecule has 2 atom stereocenters. The van der Waals surface area contributed by atoms with E-state index in [1.807, 2.05) is 0 Å². The molecule has 114 valence electrons. The fourth-order valence-electron chi connectivity index (χ4n) is 1.84. The first-order valence-electron chi connectivity index (χ1n) is 6.48. The molecule has 6 nitrogen and oxygen atoms in total. The molecule has 0 spiro atoms. The van der Waals surface area contributed by atoms with Gasteiger partial charge in [0.25, 0.3) is 0 Å². The lowest BCUT2D eigenvalue weighted by molar-refractivity contribution is -0.143. The van der Waals surface area contributed by atoms with Gasteiger partial charge in [-0.25, -0.2) is 0 Å². The van der Waals surface area contributed by atoms with Crippen LogP contribution in [0.5, 0.6) is 5.75 Å². The Balaban J connectivity index is 2.68. The van der Waals surface area contributed by atoms with Crippen molar-refractivity contribution in [1.82, 2.24) is 0 Å². The Morgan fingerprint density at radius 3 is 2.33 bits per heavy atom. The van der Waals surface area contributed by atoms with E-state index in [1.165, 1.54) is 0 Å². The van der Waals surface area contributed by atoms with E-state index in [-0.39, 0.29) is 12.8 Å². The van der Waals surface area contributed by atoms with Gasteiger partial charge in [0.05, 0.1) is 5.92 Å². The van der Waals surface area contributed by atoms with Crippen molar-refractivity contribution in [2.75, 3.05) is 6.61 Å². The van der Waals surface area contributed by atoms with Gasteiger partial charge in [-0.2, -0.15) is 0 Å². The minimum absolute atomic E-state index is 0.112. The third-order valence-corrected chi connectivity index (χ3v) is 2.98. The van der Waals surface area contributed by atoms with Crippen molar-refractivity contribution >= 4 is 11.9 Å². The van der Waals surface area contributed by atoms with E-state index in [2.05, 4.69) is 6.58 Å². The fraction of sp³-hybridized carbons (Fsp3) is 0.333. The number of rotatable bonds is 9. The number of hydrogen-bond donors (Lipinski definition) is 3. The predicted molar refractivity (Wildman–Crippen MR) is 77.2 cm³/mol. The fourth-order valence-corrected chi connectivity index (χ4v) is 1.84. The average Bonchev–Trinajstić information content (AvgIpc) is 2.45. The molecular weight excluding hydrogens is 274 g/mol. The Morgan fingerprint density at radius 1 is 1.24 bits per heavy atom. The molecule has 1 aromatic carbocycles. The van der Waals surface area contributed by atoms with Crippen LogP contribution >= 0.6 is 0 Å². The van der Waals surface area contributed by atoms with Crippen LogP contribution in [0.25, 0.3) is 0 Å². The highest BCUT2D eigenvalue weighted by molar-refractivity contribution is 5.76. The number of carbonyl (C=O) groups is 2. The normalized spacial score (nSPS) is 13.2. The highest BCUT2D eigenvalue weighted by atomic mass is 16.5. The van der Waals surface area contributed by atoms with Crippen molar-refractivity contribution in [2.24, 2.45) is 11.7 Å². The quantitative estimate of drug-likeness (QED) is 0.592. The first-order chi connectivity index (χ1) is 9.93. The van der Waals surface area contributed by atoms with Gasteiger partial charge in [-0.05, 0) is 30.5 Å². The van der Waals surface area contributed by atoms with Gasteiger partial charge >= 0.3 is 11.9 Å². The van der Waals surface area contributed by atoms with E-state index < -0.39 is 23.9 Å². The molecule has 0 radical (unpaired) electrons. The molecular formula is C15H19NO5. The molecule has 0 aliphatic rings. The van der Waals surface area contributed by atoms with Crippen LogP contribution < -0.4 is 10.5 Å². The van der Waals surface area contributed by atoms with Crippen LogP contribution in [0, 0.1) is 5.92 Å². The monoisotopic (exact) mass is 293 g/mol.